The summed E-state index contributed by atoms with van der Waals surface area (Å²) in [6, 6.07) is 13.9. The van der Waals surface area contributed by atoms with Crippen LogP contribution >= 0.6 is 0 Å². The zero-order valence-corrected chi connectivity index (χ0v) is 19.4. The minimum Gasteiger partial charge on any atom is -0.504 e. The fourth-order valence-corrected chi connectivity index (χ4v) is 4.77. The van der Waals surface area contributed by atoms with Crippen molar-refractivity contribution in [1.82, 2.24) is 10.2 Å². The van der Waals surface area contributed by atoms with Gasteiger partial charge in [0.2, 0.25) is 0 Å². The van der Waals surface area contributed by atoms with Crippen LogP contribution in [0.1, 0.15) is 57.2 Å². The second-order valence-corrected chi connectivity index (χ2v) is 8.51. The predicted octanol–water partition coefficient (Wildman–Crippen LogP) is 4.53. The van der Waals surface area contributed by atoms with Gasteiger partial charge in [-0.2, -0.15) is 0 Å². The van der Waals surface area contributed by atoms with Crippen LogP contribution in [0.3, 0.4) is 0 Å². The van der Waals surface area contributed by atoms with Gasteiger partial charge in [-0.05, 0) is 69.1 Å². The third-order valence-corrected chi connectivity index (χ3v) is 6.52. The van der Waals surface area contributed by atoms with E-state index in [1.165, 1.54) is 0 Å². The first-order valence-corrected chi connectivity index (χ1v) is 11.8. The lowest BCUT2D eigenvalue weighted by molar-refractivity contribution is 0.129. The number of benzene rings is 2. The van der Waals surface area contributed by atoms with Crippen molar-refractivity contribution in [1.29, 1.82) is 0 Å². The summed E-state index contributed by atoms with van der Waals surface area (Å²) in [6.45, 7) is 10.4. The molecule has 1 atom stereocenters. The van der Waals surface area contributed by atoms with Gasteiger partial charge in [-0.15, -0.1) is 0 Å². The van der Waals surface area contributed by atoms with Gasteiger partial charge in [0.1, 0.15) is 11.4 Å². The standard InChI is InChI=1S/C26H35N3O3/c1-4-29-16-14-26(15-17-29)27-22(19-10-12-20(13-11-19)31-5-2)18-23(28-26)21-8-7-9-24(25(21)30)32-6-3/h7-13,23,28,30H,4-6,14-18H2,1-3H3/t23-/m0/s1. The Bertz CT molecular complexity index is 934. The van der Waals surface area contributed by atoms with Crippen molar-refractivity contribution in [3.63, 3.8) is 0 Å². The summed E-state index contributed by atoms with van der Waals surface area (Å²) in [6.07, 6.45) is 2.60. The molecular formula is C26H35N3O3. The minimum atomic E-state index is -0.323. The van der Waals surface area contributed by atoms with E-state index >= 15 is 0 Å². The van der Waals surface area contributed by atoms with Crippen LogP contribution in [0.2, 0.25) is 0 Å². The Morgan fingerprint density at radius 3 is 2.41 bits per heavy atom. The molecule has 1 spiro atoms. The summed E-state index contributed by atoms with van der Waals surface area (Å²) in [4.78, 5) is 7.74. The van der Waals surface area contributed by atoms with Gasteiger partial charge in [0, 0.05) is 36.8 Å². The number of likely N-dealkylation sites (tertiary alicyclic amines) is 1. The zero-order valence-electron chi connectivity index (χ0n) is 19.4. The number of hydrogen-bond donors (Lipinski definition) is 2. The normalized spacial score (nSPS) is 20.7. The number of hydrogen-bond acceptors (Lipinski definition) is 6. The van der Waals surface area contributed by atoms with E-state index in [2.05, 4.69) is 29.3 Å². The molecule has 0 saturated carbocycles. The molecule has 2 aromatic rings. The molecule has 2 aromatic carbocycles. The van der Waals surface area contributed by atoms with E-state index in [0.717, 1.165) is 55.1 Å². The molecule has 172 valence electrons. The summed E-state index contributed by atoms with van der Waals surface area (Å²) in [5.41, 5.74) is 2.73. The van der Waals surface area contributed by atoms with Crippen LogP contribution in [0.25, 0.3) is 0 Å². The third kappa shape index (κ3) is 4.76. The summed E-state index contributed by atoms with van der Waals surface area (Å²) in [7, 11) is 0. The average Bonchev–Trinajstić information content (AvgIpc) is 2.81. The molecule has 0 aliphatic carbocycles. The molecule has 6 nitrogen and oxygen atoms in total. The van der Waals surface area contributed by atoms with E-state index in [1.54, 1.807) is 0 Å². The fraction of sp³-hybridized carbons (Fsp3) is 0.500. The number of ether oxygens (including phenoxy) is 2. The molecule has 2 aliphatic rings. The van der Waals surface area contributed by atoms with Crippen molar-refractivity contribution in [3.8, 4) is 17.2 Å². The number of nitrogens with zero attached hydrogens (tertiary/aromatic N) is 2. The van der Waals surface area contributed by atoms with Crippen molar-refractivity contribution in [2.75, 3.05) is 32.8 Å². The number of aromatic hydroxyl groups is 1. The first-order valence-electron chi connectivity index (χ1n) is 11.8. The highest BCUT2D eigenvalue weighted by atomic mass is 16.5. The van der Waals surface area contributed by atoms with Crippen LogP contribution in [0.15, 0.2) is 47.5 Å². The second kappa shape index (κ2) is 9.92. The van der Waals surface area contributed by atoms with E-state index in [-0.39, 0.29) is 17.5 Å². The van der Waals surface area contributed by atoms with Crippen molar-refractivity contribution in [3.05, 3.63) is 53.6 Å². The molecule has 4 rings (SSSR count). The maximum absolute atomic E-state index is 11.0. The number of rotatable bonds is 7. The van der Waals surface area contributed by atoms with Crippen molar-refractivity contribution < 1.29 is 14.6 Å². The number of phenolic OH excluding ortho intramolecular Hbond substituents is 1. The lowest BCUT2D eigenvalue weighted by Gasteiger charge is -2.45. The Morgan fingerprint density at radius 2 is 1.75 bits per heavy atom. The third-order valence-electron chi connectivity index (χ3n) is 6.52. The first-order chi connectivity index (χ1) is 15.6. The van der Waals surface area contributed by atoms with Gasteiger partial charge >= 0.3 is 0 Å². The van der Waals surface area contributed by atoms with Gasteiger partial charge in [-0.1, -0.05) is 19.1 Å². The number of aliphatic imine (C=N–C) groups is 1. The van der Waals surface area contributed by atoms with Crippen molar-refractivity contribution in [2.24, 2.45) is 4.99 Å². The molecular weight excluding hydrogens is 402 g/mol. The maximum Gasteiger partial charge on any atom is 0.162 e. The molecule has 0 aromatic heterocycles. The predicted molar refractivity (Wildman–Crippen MR) is 128 cm³/mol. The van der Waals surface area contributed by atoms with Crippen LogP contribution in [0.4, 0.5) is 0 Å². The van der Waals surface area contributed by atoms with Crippen LogP contribution in [-0.2, 0) is 0 Å². The largest absolute Gasteiger partial charge is 0.504 e. The zero-order chi connectivity index (χ0) is 22.6. The number of phenols is 1. The van der Waals surface area contributed by atoms with Gasteiger partial charge in [0.25, 0.3) is 0 Å². The van der Waals surface area contributed by atoms with Crippen LogP contribution in [0.5, 0.6) is 17.2 Å². The Balaban J connectivity index is 1.68. The summed E-state index contributed by atoms with van der Waals surface area (Å²) in [5, 5.41) is 14.8. The van der Waals surface area contributed by atoms with Crippen LogP contribution in [-0.4, -0.2) is 54.2 Å². The maximum atomic E-state index is 11.0. The van der Waals surface area contributed by atoms with Gasteiger partial charge in [-0.3, -0.25) is 10.3 Å². The molecule has 0 radical (unpaired) electrons. The SMILES string of the molecule is CCOc1ccc(C2=NC3(CCN(CC)CC3)N[C@H](c3cccc(OCC)c3O)C2)cc1. The van der Waals surface area contributed by atoms with Gasteiger partial charge in [-0.25, -0.2) is 0 Å². The molecule has 2 aliphatic heterocycles. The lowest BCUT2D eigenvalue weighted by atomic mass is 9.87. The van der Waals surface area contributed by atoms with Gasteiger partial charge in [0.05, 0.1) is 13.2 Å². The van der Waals surface area contributed by atoms with E-state index in [9.17, 15) is 5.11 Å². The van der Waals surface area contributed by atoms with Crippen molar-refractivity contribution in [2.45, 2.75) is 51.7 Å². The smallest absolute Gasteiger partial charge is 0.162 e. The number of para-hydroxylation sites is 1. The Morgan fingerprint density at radius 1 is 1.03 bits per heavy atom. The monoisotopic (exact) mass is 437 g/mol. The Hall–Kier alpha value is -2.57. The molecule has 0 amide bonds. The Kier molecular flexibility index (Phi) is 7.01. The first kappa shape index (κ1) is 22.6. The van der Waals surface area contributed by atoms with Crippen molar-refractivity contribution >= 4 is 5.71 Å². The summed E-state index contributed by atoms with van der Waals surface area (Å²) < 4.78 is 11.3. The van der Waals surface area contributed by atoms with E-state index in [0.29, 0.717) is 25.4 Å². The average molecular weight is 438 g/mol. The number of nitrogens with one attached hydrogen (secondary N) is 1. The van der Waals surface area contributed by atoms with Gasteiger partial charge < -0.3 is 19.5 Å². The Labute approximate surface area is 191 Å². The number of piperidine rings is 1. The molecule has 1 fully saturated rings. The van der Waals surface area contributed by atoms with E-state index in [4.69, 9.17) is 14.5 Å². The minimum absolute atomic E-state index is 0.0392. The highest BCUT2D eigenvalue weighted by molar-refractivity contribution is 6.02. The fourth-order valence-electron chi connectivity index (χ4n) is 4.77. The highest BCUT2D eigenvalue weighted by Crippen LogP contribution is 2.40. The topological polar surface area (TPSA) is 66.3 Å². The molecule has 6 heteroatoms. The van der Waals surface area contributed by atoms with E-state index < -0.39 is 0 Å². The van der Waals surface area contributed by atoms with E-state index in [1.807, 2.05) is 44.2 Å². The van der Waals surface area contributed by atoms with Gasteiger partial charge in [0.15, 0.2) is 11.5 Å². The molecule has 0 unspecified atom stereocenters. The molecule has 2 N–H and O–H groups in total. The van der Waals surface area contributed by atoms with Crippen LogP contribution in [0, 0.1) is 0 Å². The highest BCUT2D eigenvalue weighted by Gasteiger charge is 2.40. The molecule has 1 saturated heterocycles. The summed E-state index contributed by atoms with van der Waals surface area (Å²) >= 11 is 0. The molecule has 32 heavy (non-hydrogen) atoms. The molecule has 2 heterocycles. The molecule has 0 bridgehead atoms. The van der Waals surface area contributed by atoms with Crippen LogP contribution < -0.4 is 14.8 Å². The summed E-state index contributed by atoms with van der Waals surface area (Å²) in [5.74, 6) is 1.63. The second-order valence-electron chi connectivity index (χ2n) is 8.51. The lowest BCUT2D eigenvalue weighted by Crippen LogP contribution is -2.56. The quantitative estimate of drug-likeness (QED) is 0.666.